The second-order valence-electron chi connectivity index (χ2n) is 2.21. The van der Waals surface area contributed by atoms with E-state index in [1.165, 1.54) is 12.3 Å². The number of carbonyl (C=O) groups is 1. The lowest BCUT2D eigenvalue weighted by atomic mass is 10.0. The molecule has 0 saturated heterocycles. The maximum atomic E-state index is 12.2. The highest BCUT2D eigenvalue weighted by Crippen LogP contribution is 2.17. The Labute approximate surface area is 62.6 Å². The summed E-state index contributed by atoms with van der Waals surface area (Å²) in [4.78, 5) is 10.3. The van der Waals surface area contributed by atoms with Crippen LogP contribution < -0.4 is 5.32 Å². The van der Waals surface area contributed by atoms with Crippen molar-refractivity contribution in [2.24, 2.45) is 0 Å². The molecule has 0 spiro atoms. The number of rotatable bonds is 2. The van der Waals surface area contributed by atoms with E-state index in [1.807, 2.05) is 0 Å². The Kier molecular flexibility index (Phi) is 2.03. The molecule has 0 aromatic carbocycles. The lowest BCUT2D eigenvalue weighted by Gasteiger charge is -2.25. The highest BCUT2D eigenvalue weighted by Gasteiger charge is 2.36. The van der Waals surface area contributed by atoms with E-state index in [-0.39, 0.29) is 6.29 Å². The topological polar surface area (TPSA) is 29.1 Å². The van der Waals surface area contributed by atoms with Gasteiger partial charge in [0, 0.05) is 0 Å². The van der Waals surface area contributed by atoms with Gasteiger partial charge in [0.15, 0.2) is 11.8 Å². The van der Waals surface area contributed by atoms with Gasteiger partial charge in [-0.3, -0.25) is 0 Å². The molecule has 1 unspecified atom stereocenters. The van der Waals surface area contributed by atoms with Gasteiger partial charge in [0.25, 0.3) is 6.43 Å². The van der Waals surface area contributed by atoms with E-state index >= 15 is 0 Å². The van der Waals surface area contributed by atoms with Gasteiger partial charge in [-0.15, -0.1) is 0 Å². The van der Waals surface area contributed by atoms with Gasteiger partial charge in [0.05, 0.1) is 0 Å². The summed E-state index contributed by atoms with van der Waals surface area (Å²) in [7, 11) is 0. The van der Waals surface area contributed by atoms with Gasteiger partial charge in [-0.2, -0.15) is 0 Å². The first-order valence-corrected chi connectivity index (χ1v) is 3.08. The standard InChI is InChI=1S/C7H7F2NO/c8-6(9)7(5-11)3-1-2-4-10-7/h1-6,10H. The third kappa shape index (κ3) is 1.29. The third-order valence-corrected chi connectivity index (χ3v) is 1.47. The molecule has 1 heterocycles. The zero-order valence-corrected chi connectivity index (χ0v) is 5.63. The zero-order valence-electron chi connectivity index (χ0n) is 5.63. The van der Waals surface area contributed by atoms with Crippen molar-refractivity contribution in [3.05, 3.63) is 24.4 Å². The number of nitrogens with one attached hydrogen (secondary N) is 1. The van der Waals surface area contributed by atoms with Gasteiger partial charge in [-0.1, -0.05) is 6.08 Å². The average Bonchev–Trinajstić information content (AvgIpc) is 2.05. The number of hydrogen-bond donors (Lipinski definition) is 1. The Morgan fingerprint density at radius 3 is 2.45 bits per heavy atom. The number of aldehydes is 1. The van der Waals surface area contributed by atoms with Crippen LogP contribution >= 0.6 is 0 Å². The SMILES string of the molecule is O=CC1(C(F)F)C=CC=CN1. The Morgan fingerprint density at radius 2 is 2.18 bits per heavy atom. The average molecular weight is 159 g/mol. The molecule has 11 heavy (non-hydrogen) atoms. The smallest absolute Gasteiger partial charge is 0.271 e. The van der Waals surface area contributed by atoms with E-state index < -0.39 is 12.0 Å². The molecule has 0 aromatic rings. The second kappa shape index (κ2) is 2.82. The fraction of sp³-hybridized carbons (Fsp3) is 0.286. The Balaban J connectivity index is 2.85. The molecule has 2 nitrogen and oxygen atoms in total. The van der Waals surface area contributed by atoms with Crippen molar-refractivity contribution in [1.29, 1.82) is 0 Å². The summed E-state index contributed by atoms with van der Waals surface area (Å²) in [5, 5.41) is 2.30. The molecule has 0 aliphatic carbocycles. The molecule has 60 valence electrons. The van der Waals surface area contributed by atoms with Crippen LogP contribution in [-0.4, -0.2) is 18.3 Å². The molecule has 1 aliphatic rings. The first kappa shape index (κ1) is 7.91. The molecule has 0 bridgehead atoms. The van der Waals surface area contributed by atoms with Crippen LogP contribution in [0.15, 0.2) is 24.4 Å². The minimum Gasteiger partial charge on any atom is -0.371 e. The van der Waals surface area contributed by atoms with E-state index in [4.69, 9.17) is 0 Å². The summed E-state index contributed by atoms with van der Waals surface area (Å²) in [6.07, 6.45) is 2.91. The molecule has 0 amide bonds. The normalized spacial score (nSPS) is 28.6. The van der Waals surface area contributed by atoms with E-state index in [2.05, 4.69) is 5.32 Å². The Bertz CT molecular complexity index is 212. The van der Waals surface area contributed by atoms with Gasteiger partial charge < -0.3 is 10.1 Å². The summed E-state index contributed by atoms with van der Waals surface area (Å²) in [6, 6.07) is 0. The predicted molar refractivity (Wildman–Crippen MR) is 36.2 cm³/mol. The quantitative estimate of drug-likeness (QED) is 0.605. The first-order chi connectivity index (χ1) is 5.21. The van der Waals surface area contributed by atoms with Crippen LogP contribution in [0.4, 0.5) is 8.78 Å². The summed E-state index contributed by atoms with van der Waals surface area (Å²) < 4.78 is 24.4. The lowest BCUT2D eigenvalue weighted by Crippen LogP contribution is -2.49. The van der Waals surface area contributed by atoms with E-state index in [9.17, 15) is 13.6 Å². The fourth-order valence-corrected chi connectivity index (χ4v) is 0.771. The highest BCUT2D eigenvalue weighted by molar-refractivity contribution is 5.70. The number of allylic oxidation sites excluding steroid dienone is 2. The van der Waals surface area contributed by atoms with Crippen LogP contribution in [0.3, 0.4) is 0 Å². The Morgan fingerprint density at radius 1 is 1.45 bits per heavy atom. The molecule has 1 rings (SSSR count). The fourth-order valence-electron chi connectivity index (χ4n) is 0.771. The van der Waals surface area contributed by atoms with Gasteiger partial charge in [0.1, 0.15) is 0 Å². The van der Waals surface area contributed by atoms with Crippen molar-refractivity contribution in [1.82, 2.24) is 5.32 Å². The van der Waals surface area contributed by atoms with Gasteiger partial charge in [-0.25, -0.2) is 8.78 Å². The summed E-state index contributed by atoms with van der Waals surface area (Å²) in [5.41, 5.74) is -1.81. The molecule has 1 aliphatic heterocycles. The third-order valence-electron chi connectivity index (χ3n) is 1.47. The first-order valence-electron chi connectivity index (χ1n) is 3.08. The Hall–Kier alpha value is -1.19. The van der Waals surface area contributed by atoms with Crippen molar-refractivity contribution >= 4 is 6.29 Å². The molecular formula is C7H7F2NO. The van der Waals surface area contributed by atoms with Gasteiger partial charge >= 0.3 is 0 Å². The van der Waals surface area contributed by atoms with Crippen LogP contribution in [0.2, 0.25) is 0 Å². The molecule has 0 aromatic heterocycles. The molecule has 1 atom stereocenters. The van der Waals surface area contributed by atoms with Crippen molar-refractivity contribution in [2.45, 2.75) is 12.0 Å². The van der Waals surface area contributed by atoms with Crippen molar-refractivity contribution < 1.29 is 13.6 Å². The number of halogens is 2. The minimum absolute atomic E-state index is 0.206. The highest BCUT2D eigenvalue weighted by atomic mass is 19.3. The van der Waals surface area contributed by atoms with Gasteiger partial charge in [0.2, 0.25) is 0 Å². The summed E-state index contributed by atoms with van der Waals surface area (Å²) >= 11 is 0. The maximum absolute atomic E-state index is 12.2. The van der Waals surface area contributed by atoms with Crippen LogP contribution in [0.25, 0.3) is 0 Å². The summed E-state index contributed by atoms with van der Waals surface area (Å²) in [5.74, 6) is 0. The number of hydrogen-bond acceptors (Lipinski definition) is 2. The van der Waals surface area contributed by atoms with Crippen LogP contribution in [0.1, 0.15) is 0 Å². The molecule has 0 fully saturated rings. The zero-order chi connectivity index (χ0) is 8.32. The molecular weight excluding hydrogens is 152 g/mol. The second-order valence-corrected chi connectivity index (χ2v) is 2.21. The van der Waals surface area contributed by atoms with Crippen molar-refractivity contribution in [3.8, 4) is 0 Å². The minimum atomic E-state index is -2.72. The largest absolute Gasteiger partial charge is 0.371 e. The summed E-state index contributed by atoms with van der Waals surface area (Å²) in [6.45, 7) is 0. The van der Waals surface area contributed by atoms with E-state index in [0.29, 0.717) is 0 Å². The van der Waals surface area contributed by atoms with E-state index in [1.54, 1.807) is 6.08 Å². The van der Waals surface area contributed by atoms with Crippen LogP contribution in [0.5, 0.6) is 0 Å². The van der Waals surface area contributed by atoms with Crippen LogP contribution in [0, 0.1) is 0 Å². The molecule has 0 saturated carbocycles. The predicted octanol–water partition coefficient (Wildman–Crippen LogP) is 0.862. The number of alkyl halides is 2. The van der Waals surface area contributed by atoms with Crippen LogP contribution in [-0.2, 0) is 4.79 Å². The number of carbonyl (C=O) groups excluding carboxylic acids is 1. The maximum Gasteiger partial charge on any atom is 0.271 e. The van der Waals surface area contributed by atoms with Gasteiger partial charge in [-0.05, 0) is 18.4 Å². The molecule has 1 N–H and O–H groups in total. The van der Waals surface area contributed by atoms with E-state index in [0.717, 1.165) is 6.08 Å². The lowest BCUT2D eigenvalue weighted by molar-refractivity contribution is -0.116. The van der Waals surface area contributed by atoms with Crippen molar-refractivity contribution in [3.63, 3.8) is 0 Å². The van der Waals surface area contributed by atoms with Crippen molar-refractivity contribution in [2.75, 3.05) is 0 Å². The monoisotopic (exact) mass is 159 g/mol. The number of dihydropyridines is 1. The molecule has 4 heteroatoms. The molecule has 0 radical (unpaired) electrons.